The lowest BCUT2D eigenvalue weighted by Gasteiger charge is -2.04. The molecular formula is C15H13N3O3S. The third-order valence-electron chi connectivity index (χ3n) is 3.26. The van der Waals surface area contributed by atoms with Gasteiger partial charge in [0.15, 0.2) is 5.13 Å². The van der Waals surface area contributed by atoms with Gasteiger partial charge in [0, 0.05) is 17.9 Å². The number of fused-ring (bicyclic) bond motifs is 1. The van der Waals surface area contributed by atoms with Crippen LogP contribution < -0.4 is 10.9 Å². The van der Waals surface area contributed by atoms with E-state index in [4.69, 9.17) is 0 Å². The van der Waals surface area contributed by atoms with Crippen molar-refractivity contribution in [2.75, 3.05) is 19.5 Å². The lowest BCUT2D eigenvalue weighted by Crippen LogP contribution is -2.09. The summed E-state index contributed by atoms with van der Waals surface area (Å²) < 4.78 is 4.68. The molecule has 0 spiro atoms. The molecule has 0 amide bonds. The number of H-pyrrole nitrogens is 1. The molecule has 0 saturated carbocycles. The van der Waals surface area contributed by atoms with Crippen molar-refractivity contribution in [2.24, 2.45) is 0 Å². The summed E-state index contributed by atoms with van der Waals surface area (Å²) >= 11 is 1.43. The second-order valence-corrected chi connectivity index (χ2v) is 5.45. The maximum atomic E-state index is 12.3. The minimum absolute atomic E-state index is 0.248. The number of anilines is 1. The zero-order valence-corrected chi connectivity index (χ0v) is 12.8. The van der Waals surface area contributed by atoms with Crippen LogP contribution in [0.1, 0.15) is 10.4 Å². The number of nitrogens with one attached hydrogen (secondary N) is 2. The third-order valence-corrected chi connectivity index (χ3v) is 4.12. The van der Waals surface area contributed by atoms with E-state index in [1.807, 2.05) is 5.38 Å². The van der Waals surface area contributed by atoms with Gasteiger partial charge in [-0.25, -0.2) is 9.78 Å². The van der Waals surface area contributed by atoms with Crippen LogP contribution in [0.25, 0.3) is 22.2 Å². The summed E-state index contributed by atoms with van der Waals surface area (Å²) in [5.74, 6) is -0.440. The highest BCUT2D eigenvalue weighted by atomic mass is 32.1. The topological polar surface area (TPSA) is 84.1 Å². The van der Waals surface area contributed by atoms with E-state index in [2.05, 4.69) is 20.0 Å². The zero-order chi connectivity index (χ0) is 15.7. The van der Waals surface area contributed by atoms with Gasteiger partial charge in [0.05, 0.1) is 23.9 Å². The number of aromatic nitrogens is 2. The van der Waals surface area contributed by atoms with Gasteiger partial charge in [-0.05, 0) is 23.6 Å². The highest BCUT2D eigenvalue weighted by Gasteiger charge is 2.11. The average Bonchev–Trinajstić information content (AvgIpc) is 3.01. The number of esters is 1. The summed E-state index contributed by atoms with van der Waals surface area (Å²) in [6.07, 6.45) is 0. The van der Waals surface area contributed by atoms with Crippen molar-refractivity contribution >= 4 is 33.3 Å². The molecule has 6 nitrogen and oxygen atoms in total. The lowest BCUT2D eigenvalue weighted by atomic mass is 10.1. The fourth-order valence-corrected chi connectivity index (χ4v) is 2.82. The minimum atomic E-state index is -0.440. The second-order valence-electron chi connectivity index (χ2n) is 4.59. The molecule has 0 radical (unpaired) electrons. The molecular weight excluding hydrogens is 302 g/mol. The van der Waals surface area contributed by atoms with Crippen molar-refractivity contribution in [3.63, 3.8) is 0 Å². The number of pyridine rings is 1. The van der Waals surface area contributed by atoms with Gasteiger partial charge < -0.3 is 15.0 Å². The Bertz CT molecular complexity index is 914. The first-order chi connectivity index (χ1) is 10.6. The maximum absolute atomic E-state index is 12.3. The molecule has 0 saturated heterocycles. The predicted molar refractivity (Wildman–Crippen MR) is 86.6 cm³/mol. The molecule has 0 fully saturated rings. The van der Waals surface area contributed by atoms with Gasteiger partial charge in [-0.15, -0.1) is 11.3 Å². The number of hydrogen-bond donors (Lipinski definition) is 2. The van der Waals surface area contributed by atoms with E-state index in [0.717, 1.165) is 10.5 Å². The highest BCUT2D eigenvalue weighted by molar-refractivity contribution is 7.14. The number of carbonyl (C=O) groups is 1. The highest BCUT2D eigenvalue weighted by Crippen LogP contribution is 2.24. The fraction of sp³-hybridized carbons (Fsp3) is 0.133. The number of ether oxygens (including phenoxy) is 1. The van der Waals surface area contributed by atoms with Gasteiger partial charge in [0.1, 0.15) is 0 Å². The average molecular weight is 315 g/mol. The summed E-state index contributed by atoms with van der Waals surface area (Å²) in [5.41, 5.74) is 1.85. The van der Waals surface area contributed by atoms with Crippen LogP contribution in [0.2, 0.25) is 0 Å². The molecule has 7 heteroatoms. The first-order valence-electron chi connectivity index (χ1n) is 6.51. The molecule has 2 N–H and O–H groups in total. The summed E-state index contributed by atoms with van der Waals surface area (Å²) in [5, 5.41) is 6.33. The van der Waals surface area contributed by atoms with E-state index in [1.54, 1.807) is 31.3 Å². The molecule has 0 aliphatic carbocycles. The maximum Gasteiger partial charge on any atom is 0.337 e. The molecule has 0 atom stereocenters. The minimum Gasteiger partial charge on any atom is -0.465 e. The molecule has 1 aromatic carbocycles. The molecule has 0 aliphatic rings. The van der Waals surface area contributed by atoms with Gasteiger partial charge >= 0.3 is 5.97 Å². The van der Waals surface area contributed by atoms with E-state index >= 15 is 0 Å². The largest absolute Gasteiger partial charge is 0.465 e. The number of aromatic amines is 1. The summed E-state index contributed by atoms with van der Waals surface area (Å²) in [4.78, 5) is 30.9. The predicted octanol–water partition coefficient (Wildman–Crippen LogP) is 2.48. The van der Waals surface area contributed by atoms with E-state index < -0.39 is 5.97 Å². The Morgan fingerprint density at radius 3 is 2.86 bits per heavy atom. The number of benzene rings is 1. The molecule has 0 aliphatic heterocycles. The number of nitrogens with zero attached hydrogens (tertiary/aromatic N) is 1. The van der Waals surface area contributed by atoms with Crippen LogP contribution in [0.3, 0.4) is 0 Å². The van der Waals surface area contributed by atoms with Crippen molar-refractivity contribution in [1.29, 1.82) is 0 Å². The number of methoxy groups -OCH3 is 1. The second kappa shape index (κ2) is 5.61. The van der Waals surface area contributed by atoms with Gasteiger partial charge in [0.25, 0.3) is 5.56 Å². The Kier molecular flexibility index (Phi) is 3.64. The molecule has 3 aromatic rings. The monoisotopic (exact) mass is 315 g/mol. The lowest BCUT2D eigenvalue weighted by molar-refractivity contribution is 0.0601. The molecule has 112 valence electrons. The normalized spacial score (nSPS) is 10.6. The Balaban J connectivity index is 2.13. The van der Waals surface area contributed by atoms with Gasteiger partial charge in [-0.2, -0.15) is 0 Å². The van der Waals surface area contributed by atoms with Gasteiger partial charge in [0.2, 0.25) is 0 Å². The van der Waals surface area contributed by atoms with E-state index in [9.17, 15) is 9.59 Å². The third kappa shape index (κ3) is 2.46. The van der Waals surface area contributed by atoms with Crippen molar-refractivity contribution in [3.05, 3.63) is 45.6 Å². The fourth-order valence-electron chi connectivity index (χ4n) is 2.15. The van der Waals surface area contributed by atoms with Crippen molar-refractivity contribution < 1.29 is 9.53 Å². The van der Waals surface area contributed by atoms with Crippen LogP contribution in [0.5, 0.6) is 0 Å². The van der Waals surface area contributed by atoms with Crippen LogP contribution in [0, 0.1) is 0 Å². The molecule has 0 unspecified atom stereocenters. The van der Waals surface area contributed by atoms with Gasteiger partial charge in [-0.1, -0.05) is 6.07 Å². The van der Waals surface area contributed by atoms with Crippen LogP contribution in [-0.4, -0.2) is 30.1 Å². The first kappa shape index (κ1) is 14.3. The number of carbonyl (C=O) groups excluding carboxylic acids is 1. The number of hydrogen-bond acceptors (Lipinski definition) is 6. The Morgan fingerprint density at radius 2 is 2.18 bits per heavy atom. The van der Waals surface area contributed by atoms with Crippen LogP contribution in [0.15, 0.2) is 34.4 Å². The molecule has 2 aromatic heterocycles. The number of thiazole rings is 1. The van der Waals surface area contributed by atoms with Crippen molar-refractivity contribution in [3.8, 4) is 11.3 Å². The summed E-state index contributed by atoms with van der Waals surface area (Å²) in [6, 6.07) is 6.80. The number of rotatable bonds is 3. The van der Waals surface area contributed by atoms with Crippen molar-refractivity contribution in [1.82, 2.24) is 9.97 Å². The standard InChI is InChI=1S/C15H13N3O3S/c1-16-15-18-12(7-22-15)10-5-8-3-4-9(14(20)21-2)6-11(8)17-13(10)19/h3-7H,1-2H3,(H,16,18)(H,17,19). The summed E-state index contributed by atoms with van der Waals surface area (Å²) in [7, 11) is 3.10. The Hall–Kier alpha value is -2.67. The van der Waals surface area contributed by atoms with E-state index in [0.29, 0.717) is 22.3 Å². The van der Waals surface area contributed by atoms with Crippen LogP contribution in [-0.2, 0) is 4.74 Å². The van der Waals surface area contributed by atoms with E-state index in [-0.39, 0.29) is 5.56 Å². The first-order valence-corrected chi connectivity index (χ1v) is 7.39. The smallest absolute Gasteiger partial charge is 0.337 e. The van der Waals surface area contributed by atoms with Gasteiger partial charge in [-0.3, -0.25) is 4.79 Å². The van der Waals surface area contributed by atoms with Crippen molar-refractivity contribution in [2.45, 2.75) is 0 Å². The molecule has 2 heterocycles. The Labute approximate surface area is 129 Å². The zero-order valence-electron chi connectivity index (χ0n) is 12.0. The SMILES string of the molecule is CNc1nc(-c2cc3ccc(C(=O)OC)cc3[nH]c2=O)cs1. The Morgan fingerprint density at radius 1 is 1.36 bits per heavy atom. The van der Waals surface area contributed by atoms with Crippen LogP contribution in [0.4, 0.5) is 5.13 Å². The quantitative estimate of drug-likeness (QED) is 0.725. The molecule has 0 bridgehead atoms. The molecule has 22 heavy (non-hydrogen) atoms. The summed E-state index contributed by atoms with van der Waals surface area (Å²) in [6.45, 7) is 0. The van der Waals surface area contributed by atoms with E-state index in [1.165, 1.54) is 18.4 Å². The van der Waals surface area contributed by atoms with Crippen LogP contribution >= 0.6 is 11.3 Å². The molecule has 3 rings (SSSR count).